The first-order chi connectivity index (χ1) is 10.5. The Kier molecular flexibility index (Phi) is 5.47. The van der Waals surface area contributed by atoms with Crippen LogP contribution in [0.2, 0.25) is 0 Å². The molecule has 0 spiro atoms. The lowest BCUT2D eigenvalue weighted by atomic mass is 10.0. The van der Waals surface area contributed by atoms with E-state index in [0.717, 1.165) is 25.1 Å². The second-order valence-corrected chi connectivity index (χ2v) is 6.33. The summed E-state index contributed by atoms with van der Waals surface area (Å²) in [5.74, 6) is 1.35. The molecule has 4 nitrogen and oxygen atoms in total. The van der Waals surface area contributed by atoms with E-state index in [0.29, 0.717) is 17.4 Å². The number of piperidine rings is 1. The first kappa shape index (κ1) is 16.4. The summed E-state index contributed by atoms with van der Waals surface area (Å²) in [7, 11) is 0. The Morgan fingerprint density at radius 1 is 1.45 bits per heavy atom. The van der Waals surface area contributed by atoms with Crippen molar-refractivity contribution < 1.29 is 9.53 Å². The molecule has 1 heterocycles. The summed E-state index contributed by atoms with van der Waals surface area (Å²) in [6.07, 6.45) is 5.84. The summed E-state index contributed by atoms with van der Waals surface area (Å²) in [6, 6.07) is 5.60. The first-order valence-corrected chi connectivity index (χ1v) is 7.99. The molecule has 0 bridgehead atoms. The van der Waals surface area contributed by atoms with Gasteiger partial charge in [-0.3, -0.25) is 4.79 Å². The van der Waals surface area contributed by atoms with Gasteiger partial charge in [0.05, 0.1) is 11.8 Å². The number of amides is 1. The Labute approximate surface area is 132 Å². The molecule has 0 aliphatic carbocycles. The molecule has 1 amide bonds. The van der Waals surface area contributed by atoms with Crippen LogP contribution in [0.3, 0.4) is 0 Å². The van der Waals surface area contributed by atoms with Crippen LogP contribution in [0.4, 0.5) is 5.69 Å². The van der Waals surface area contributed by atoms with E-state index in [1.54, 1.807) is 6.08 Å². The summed E-state index contributed by atoms with van der Waals surface area (Å²) < 4.78 is 5.61. The number of rotatable bonds is 4. The highest BCUT2D eigenvalue weighted by Crippen LogP contribution is 2.24. The summed E-state index contributed by atoms with van der Waals surface area (Å²) in [5, 5.41) is 0. The Bertz CT molecular complexity index is 552. The number of anilines is 1. The van der Waals surface area contributed by atoms with E-state index in [2.05, 4.69) is 6.92 Å². The molecule has 1 aromatic rings. The van der Waals surface area contributed by atoms with Gasteiger partial charge in [0.2, 0.25) is 5.91 Å². The van der Waals surface area contributed by atoms with Gasteiger partial charge in [-0.15, -0.1) is 0 Å². The number of ether oxygens (including phenoxy) is 1. The molecule has 22 heavy (non-hydrogen) atoms. The first-order valence-electron chi connectivity index (χ1n) is 7.99. The molecule has 2 N–H and O–H groups in total. The summed E-state index contributed by atoms with van der Waals surface area (Å²) in [4.78, 5) is 14.1. The van der Waals surface area contributed by atoms with Crippen molar-refractivity contribution in [2.24, 2.45) is 5.92 Å². The molecule has 2 rings (SSSR count). The quantitative estimate of drug-likeness (QED) is 0.685. The minimum absolute atomic E-state index is 0.0765. The Morgan fingerprint density at radius 2 is 2.23 bits per heavy atom. The molecular weight excluding hydrogens is 276 g/mol. The predicted molar refractivity (Wildman–Crippen MR) is 90.6 cm³/mol. The van der Waals surface area contributed by atoms with E-state index >= 15 is 0 Å². The molecule has 1 fully saturated rings. The fourth-order valence-corrected chi connectivity index (χ4v) is 2.69. The fourth-order valence-electron chi connectivity index (χ4n) is 2.69. The Morgan fingerprint density at radius 3 is 2.86 bits per heavy atom. The van der Waals surface area contributed by atoms with Crippen molar-refractivity contribution in [2.45, 2.75) is 39.7 Å². The van der Waals surface area contributed by atoms with E-state index in [4.69, 9.17) is 10.5 Å². The van der Waals surface area contributed by atoms with Crippen molar-refractivity contribution in [2.75, 3.05) is 18.8 Å². The summed E-state index contributed by atoms with van der Waals surface area (Å²) >= 11 is 0. The van der Waals surface area contributed by atoms with Gasteiger partial charge in [0.25, 0.3) is 0 Å². The van der Waals surface area contributed by atoms with Crippen LogP contribution in [0.1, 0.15) is 39.2 Å². The van der Waals surface area contributed by atoms with Crippen molar-refractivity contribution in [1.82, 2.24) is 4.90 Å². The maximum absolute atomic E-state index is 12.2. The van der Waals surface area contributed by atoms with E-state index < -0.39 is 0 Å². The monoisotopic (exact) mass is 302 g/mol. The number of hydrogen-bond acceptors (Lipinski definition) is 3. The standard InChI is InChI=1S/C18H26N2O2/c1-13(2)22-17-8-6-15(11-16(17)19)7-9-18(21)20-10-4-5-14(3)12-20/h6-9,11,13-14H,4-5,10,12,19H2,1-3H3/b9-7-. The molecule has 1 saturated heterocycles. The van der Waals surface area contributed by atoms with Gasteiger partial charge in [-0.2, -0.15) is 0 Å². The van der Waals surface area contributed by atoms with Crippen LogP contribution in [-0.4, -0.2) is 30.0 Å². The zero-order valence-electron chi connectivity index (χ0n) is 13.7. The van der Waals surface area contributed by atoms with Crippen LogP contribution in [0, 0.1) is 5.92 Å². The van der Waals surface area contributed by atoms with Crippen molar-refractivity contribution in [3.8, 4) is 5.75 Å². The number of benzene rings is 1. The maximum Gasteiger partial charge on any atom is 0.246 e. The Balaban J connectivity index is 2.00. The van der Waals surface area contributed by atoms with Gasteiger partial charge < -0.3 is 15.4 Å². The molecule has 120 valence electrons. The van der Waals surface area contributed by atoms with Gasteiger partial charge in [0, 0.05) is 19.2 Å². The smallest absolute Gasteiger partial charge is 0.246 e. The largest absolute Gasteiger partial charge is 0.489 e. The number of nitrogen functional groups attached to an aromatic ring is 1. The molecular formula is C18H26N2O2. The van der Waals surface area contributed by atoms with Gasteiger partial charge in [0.1, 0.15) is 5.75 Å². The second-order valence-electron chi connectivity index (χ2n) is 6.33. The molecule has 1 unspecified atom stereocenters. The predicted octanol–water partition coefficient (Wildman–Crippen LogP) is 3.33. The third kappa shape index (κ3) is 4.52. The van der Waals surface area contributed by atoms with E-state index in [9.17, 15) is 4.79 Å². The third-order valence-electron chi connectivity index (χ3n) is 3.78. The van der Waals surface area contributed by atoms with Crippen LogP contribution in [0.25, 0.3) is 6.08 Å². The van der Waals surface area contributed by atoms with Gasteiger partial charge in [0.15, 0.2) is 0 Å². The summed E-state index contributed by atoms with van der Waals surface area (Å²) in [6.45, 7) is 7.83. The number of nitrogens with zero attached hydrogens (tertiary/aromatic N) is 1. The number of carbonyl (C=O) groups is 1. The molecule has 1 atom stereocenters. The lowest BCUT2D eigenvalue weighted by Gasteiger charge is -2.30. The highest BCUT2D eigenvalue weighted by Gasteiger charge is 2.18. The molecule has 1 aliphatic heterocycles. The van der Waals surface area contributed by atoms with Crippen molar-refractivity contribution >= 4 is 17.7 Å². The van der Waals surface area contributed by atoms with Crippen molar-refractivity contribution in [1.29, 1.82) is 0 Å². The van der Waals surface area contributed by atoms with Crippen LogP contribution < -0.4 is 10.5 Å². The number of nitrogens with two attached hydrogens (primary N) is 1. The second kappa shape index (κ2) is 7.34. The van der Waals surface area contributed by atoms with Gasteiger partial charge in [-0.05, 0) is 56.4 Å². The molecule has 4 heteroatoms. The maximum atomic E-state index is 12.2. The van der Waals surface area contributed by atoms with E-state index in [1.807, 2.05) is 43.0 Å². The molecule has 1 aromatic carbocycles. The van der Waals surface area contributed by atoms with Crippen LogP contribution in [-0.2, 0) is 4.79 Å². The lowest BCUT2D eigenvalue weighted by Crippen LogP contribution is -2.38. The van der Waals surface area contributed by atoms with Crippen LogP contribution >= 0.6 is 0 Å². The fraction of sp³-hybridized carbons (Fsp3) is 0.500. The van der Waals surface area contributed by atoms with Crippen LogP contribution in [0.15, 0.2) is 24.3 Å². The normalized spacial score (nSPS) is 18.9. The van der Waals surface area contributed by atoms with Crippen molar-refractivity contribution in [3.05, 3.63) is 29.8 Å². The zero-order valence-corrected chi connectivity index (χ0v) is 13.7. The third-order valence-corrected chi connectivity index (χ3v) is 3.78. The van der Waals surface area contributed by atoms with Gasteiger partial charge in [-0.25, -0.2) is 0 Å². The highest BCUT2D eigenvalue weighted by molar-refractivity contribution is 5.92. The molecule has 0 radical (unpaired) electrons. The van der Waals surface area contributed by atoms with Crippen LogP contribution in [0.5, 0.6) is 5.75 Å². The average Bonchev–Trinajstić information content (AvgIpc) is 2.47. The van der Waals surface area contributed by atoms with Gasteiger partial charge >= 0.3 is 0 Å². The lowest BCUT2D eigenvalue weighted by molar-refractivity contribution is -0.127. The van der Waals surface area contributed by atoms with E-state index in [1.165, 1.54) is 6.42 Å². The topological polar surface area (TPSA) is 55.6 Å². The zero-order chi connectivity index (χ0) is 16.1. The minimum atomic E-state index is 0.0765. The average molecular weight is 302 g/mol. The molecule has 0 aromatic heterocycles. The van der Waals surface area contributed by atoms with Gasteiger partial charge in [-0.1, -0.05) is 13.0 Å². The minimum Gasteiger partial charge on any atom is -0.489 e. The SMILES string of the molecule is CC1CCCN(C(=O)/C=C\c2ccc(OC(C)C)c(N)c2)C1. The molecule has 1 aliphatic rings. The highest BCUT2D eigenvalue weighted by atomic mass is 16.5. The van der Waals surface area contributed by atoms with Crippen molar-refractivity contribution in [3.63, 3.8) is 0 Å². The molecule has 0 saturated carbocycles. The Hall–Kier alpha value is -1.97. The number of carbonyl (C=O) groups excluding carboxylic acids is 1. The number of hydrogen-bond donors (Lipinski definition) is 1. The number of likely N-dealkylation sites (tertiary alicyclic amines) is 1. The summed E-state index contributed by atoms with van der Waals surface area (Å²) in [5.41, 5.74) is 7.48. The van der Waals surface area contributed by atoms with E-state index in [-0.39, 0.29) is 12.0 Å².